The second-order valence-electron chi connectivity index (χ2n) is 10.6. The summed E-state index contributed by atoms with van der Waals surface area (Å²) < 4.78 is 5.58. The molecule has 0 heterocycles. The number of hydrogen-bond donors (Lipinski definition) is 2. The fourth-order valence-corrected chi connectivity index (χ4v) is 4.74. The predicted octanol–water partition coefficient (Wildman–Crippen LogP) is 8.09. The minimum Gasteiger partial charge on any atom is -0.392 e. The fraction of sp³-hybridized carbons (Fsp3) is 1.00. The van der Waals surface area contributed by atoms with Crippen molar-refractivity contribution in [2.24, 2.45) is 5.92 Å². The van der Waals surface area contributed by atoms with Crippen LogP contribution in [0, 0.1) is 5.92 Å². The predicted molar refractivity (Wildman–Crippen MR) is 148 cm³/mol. The normalized spacial score (nSPS) is 13.8. The summed E-state index contributed by atoms with van der Waals surface area (Å²) in [5, 5.41) is 20.9. The standard InChI is InChI=1S/C30H63NO3/c1-5-9-13-15-18-23-30(33)34-26-20-17-14-16-19-25-31(24-12-8-4)27-29(32)28(21-10-6-2)22-11-7-3/h28-30,32-33H,5-27H2,1-4H3. The Kier molecular flexibility index (Phi) is 25.8. The van der Waals surface area contributed by atoms with E-state index in [2.05, 4.69) is 32.6 Å². The topological polar surface area (TPSA) is 52.9 Å². The van der Waals surface area contributed by atoms with Gasteiger partial charge in [0.15, 0.2) is 6.29 Å². The fourth-order valence-electron chi connectivity index (χ4n) is 4.74. The van der Waals surface area contributed by atoms with Crippen molar-refractivity contribution in [3.05, 3.63) is 0 Å². The van der Waals surface area contributed by atoms with Gasteiger partial charge >= 0.3 is 0 Å². The highest BCUT2D eigenvalue weighted by atomic mass is 16.6. The number of aliphatic hydroxyl groups is 2. The largest absolute Gasteiger partial charge is 0.392 e. The zero-order valence-corrected chi connectivity index (χ0v) is 23.7. The Balaban J connectivity index is 4.02. The van der Waals surface area contributed by atoms with Gasteiger partial charge in [-0.2, -0.15) is 0 Å². The van der Waals surface area contributed by atoms with Gasteiger partial charge in [0.2, 0.25) is 0 Å². The van der Waals surface area contributed by atoms with Crippen LogP contribution in [0.3, 0.4) is 0 Å². The van der Waals surface area contributed by atoms with E-state index in [9.17, 15) is 10.2 Å². The van der Waals surface area contributed by atoms with Crippen LogP contribution >= 0.6 is 0 Å². The molecule has 0 aromatic heterocycles. The zero-order valence-electron chi connectivity index (χ0n) is 23.7. The highest BCUT2D eigenvalue weighted by Crippen LogP contribution is 2.21. The molecule has 0 aliphatic heterocycles. The molecular weight excluding hydrogens is 422 g/mol. The maximum atomic E-state index is 11.0. The first-order valence-electron chi connectivity index (χ1n) is 15.3. The number of hydrogen-bond acceptors (Lipinski definition) is 4. The van der Waals surface area contributed by atoms with Crippen molar-refractivity contribution < 1.29 is 14.9 Å². The lowest BCUT2D eigenvalue weighted by Gasteiger charge is -2.30. The Bertz CT molecular complexity index is 385. The molecule has 0 amide bonds. The molecule has 0 aromatic carbocycles. The van der Waals surface area contributed by atoms with Gasteiger partial charge in [0.1, 0.15) is 0 Å². The highest BCUT2D eigenvalue weighted by molar-refractivity contribution is 4.74. The second kappa shape index (κ2) is 25.9. The molecule has 0 radical (unpaired) electrons. The van der Waals surface area contributed by atoms with Gasteiger partial charge in [0.05, 0.1) is 6.10 Å². The Morgan fingerprint density at radius 3 is 1.74 bits per heavy atom. The van der Waals surface area contributed by atoms with E-state index in [-0.39, 0.29) is 6.10 Å². The molecule has 0 aliphatic rings. The summed E-state index contributed by atoms with van der Waals surface area (Å²) in [7, 11) is 0. The summed E-state index contributed by atoms with van der Waals surface area (Å²) in [4.78, 5) is 2.53. The first kappa shape index (κ1) is 33.8. The summed E-state index contributed by atoms with van der Waals surface area (Å²) in [6.07, 6.45) is 21.8. The molecule has 0 saturated carbocycles. The number of aliphatic hydroxyl groups excluding tert-OH is 2. The monoisotopic (exact) mass is 485 g/mol. The quantitative estimate of drug-likeness (QED) is 0.0911. The van der Waals surface area contributed by atoms with Crippen LogP contribution in [0.15, 0.2) is 0 Å². The third-order valence-corrected chi connectivity index (χ3v) is 7.16. The zero-order chi connectivity index (χ0) is 25.3. The second-order valence-corrected chi connectivity index (χ2v) is 10.6. The number of nitrogens with zero attached hydrogens (tertiary/aromatic N) is 1. The van der Waals surface area contributed by atoms with E-state index in [0.29, 0.717) is 12.5 Å². The molecule has 0 bridgehead atoms. The average Bonchev–Trinajstić information content (AvgIpc) is 2.83. The summed E-state index contributed by atoms with van der Waals surface area (Å²) in [6, 6.07) is 0. The van der Waals surface area contributed by atoms with E-state index < -0.39 is 6.29 Å². The molecule has 0 aromatic rings. The van der Waals surface area contributed by atoms with Gasteiger partial charge in [-0.15, -0.1) is 0 Å². The van der Waals surface area contributed by atoms with Gasteiger partial charge < -0.3 is 19.8 Å². The lowest BCUT2D eigenvalue weighted by atomic mass is 9.90. The van der Waals surface area contributed by atoms with Crippen LogP contribution in [0.4, 0.5) is 0 Å². The molecule has 2 unspecified atom stereocenters. The number of unbranched alkanes of at least 4 members (excludes halogenated alkanes) is 11. The van der Waals surface area contributed by atoms with Crippen LogP contribution in [-0.2, 0) is 4.74 Å². The summed E-state index contributed by atoms with van der Waals surface area (Å²) >= 11 is 0. The molecule has 2 N–H and O–H groups in total. The van der Waals surface area contributed by atoms with Gasteiger partial charge in [0.25, 0.3) is 0 Å². The molecule has 0 saturated heterocycles. The molecule has 2 atom stereocenters. The molecule has 0 fully saturated rings. The van der Waals surface area contributed by atoms with E-state index in [0.717, 1.165) is 38.9 Å². The molecule has 4 heteroatoms. The van der Waals surface area contributed by atoms with Crippen LogP contribution < -0.4 is 0 Å². The Morgan fingerprint density at radius 2 is 1.09 bits per heavy atom. The maximum Gasteiger partial charge on any atom is 0.154 e. The number of ether oxygens (including phenoxy) is 1. The SMILES string of the molecule is CCCCCCCC(O)OCCCCCCCN(CCCC)CC(O)C(CCCC)CCCC. The van der Waals surface area contributed by atoms with E-state index >= 15 is 0 Å². The average molecular weight is 486 g/mol. The lowest BCUT2D eigenvalue weighted by molar-refractivity contribution is -0.105. The van der Waals surface area contributed by atoms with Crippen molar-refractivity contribution in [2.45, 2.75) is 162 Å². The van der Waals surface area contributed by atoms with E-state index in [1.807, 2.05) is 0 Å². The Morgan fingerprint density at radius 1 is 0.559 bits per heavy atom. The van der Waals surface area contributed by atoms with E-state index in [4.69, 9.17) is 4.74 Å². The van der Waals surface area contributed by atoms with E-state index in [1.54, 1.807) is 0 Å². The van der Waals surface area contributed by atoms with Gasteiger partial charge in [-0.25, -0.2) is 0 Å². The molecule has 34 heavy (non-hydrogen) atoms. The van der Waals surface area contributed by atoms with Crippen molar-refractivity contribution >= 4 is 0 Å². The van der Waals surface area contributed by atoms with Crippen molar-refractivity contribution in [3.8, 4) is 0 Å². The summed E-state index contributed by atoms with van der Waals surface area (Å²) in [5.74, 6) is 0.468. The van der Waals surface area contributed by atoms with Crippen LogP contribution in [0.2, 0.25) is 0 Å². The van der Waals surface area contributed by atoms with Gasteiger partial charge in [-0.05, 0) is 64.0 Å². The van der Waals surface area contributed by atoms with Crippen molar-refractivity contribution in [1.82, 2.24) is 4.90 Å². The lowest BCUT2D eigenvalue weighted by Crippen LogP contribution is -2.38. The molecule has 4 nitrogen and oxygen atoms in total. The van der Waals surface area contributed by atoms with Crippen molar-refractivity contribution in [3.63, 3.8) is 0 Å². The first-order chi connectivity index (χ1) is 16.6. The summed E-state index contributed by atoms with van der Waals surface area (Å²) in [6.45, 7) is 12.7. The smallest absolute Gasteiger partial charge is 0.154 e. The Labute approximate surface area is 214 Å². The van der Waals surface area contributed by atoms with Crippen LogP contribution in [0.5, 0.6) is 0 Å². The molecule has 206 valence electrons. The van der Waals surface area contributed by atoms with Crippen molar-refractivity contribution in [2.75, 3.05) is 26.2 Å². The number of rotatable bonds is 27. The minimum atomic E-state index is -0.571. The summed E-state index contributed by atoms with van der Waals surface area (Å²) in [5.41, 5.74) is 0. The third kappa shape index (κ3) is 21.1. The molecular formula is C30H63NO3. The van der Waals surface area contributed by atoms with Gasteiger partial charge in [0, 0.05) is 13.2 Å². The van der Waals surface area contributed by atoms with Gasteiger partial charge in [-0.1, -0.05) is 105 Å². The first-order valence-corrected chi connectivity index (χ1v) is 15.3. The van der Waals surface area contributed by atoms with E-state index in [1.165, 1.54) is 103 Å². The molecule has 0 spiro atoms. The van der Waals surface area contributed by atoms with Crippen LogP contribution in [0.1, 0.15) is 150 Å². The van der Waals surface area contributed by atoms with Gasteiger partial charge in [-0.3, -0.25) is 0 Å². The third-order valence-electron chi connectivity index (χ3n) is 7.16. The highest BCUT2D eigenvalue weighted by Gasteiger charge is 2.21. The molecule has 0 rings (SSSR count). The Hall–Kier alpha value is -0.160. The maximum absolute atomic E-state index is 11.0. The minimum absolute atomic E-state index is 0.176. The van der Waals surface area contributed by atoms with Crippen LogP contribution in [0.25, 0.3) is 0 Å². The van der Waals surface area contributed by atoms with Crippen molar-refractivity contribution in [1.29, 1.82) is 0 Å². The molecule has 0 aliphatic carbocycles. The van der Waals surface area contributed by atoms with Crippen LogP contribution in [-0.4, -0.2) is 53.7 Å².